The van der Waals surface area contributed by atoms with Gasteiger partial charge in [-0.25, -0.2) is 4.79 Å². The highest BCUT2D eigenvalue weighted by Gasteiger charge is 2.44. The molecule has 2 rings (SSSR count). The van der Waals surface area contributed by atoms with Gasteiger partial charge in [-0.2, -0.15) is 0 Å². The minimum absolute atomic E-state index is 0.0287. The van der Waals surface area contributed by atoms with E-state index < -0.39 is 290 Å². The topological polar surface area (TPSA) is 754 Å². The van der Waals surface area contributed by atoms with Gasteiger partial charge in [-0.15, -0.1) is 0 Å². The number of benzene rings is 1. The molecule has 0 aromatic heterocycles. The average molecular weight is 1830 g/mol. The molecule has 0 radical (unpaired) electrons. The molecule has 1 heterocycles. The molecule has 1 saturated heterocycles. The predicted molar refractivity (Wildman–Crippen MR) is 465 cm³/mol. The number of likely N-dealkylation sites (tertiary alicyclic amines) is 1. The largest absolute Gasteiger partial charge is 0.508 e. The van der Waals surface area contributed by atoms with Gasteiger partial charge in [0.25, 0.3) is 0 Å². The van der Waals surface area contributed by atoms with Crippen LogP contribution in [0.15, 0.2) is 24.3 Å². The molecule has 724 valence electrons. The predicted octanol–water partition coefficient (Wildman–Crippen LogP) is -4.97. The van der Waals surface area contributed by atoms with Crippen molar-refractivity contribution in [1.82, 2.24) is 84.7 Å². The van der Waals surface area contributed by atoms with Crippen LogP contribution in [0.3, 0.4) is 0 Å². The Kier molecular flexibility index (Phi) is 49.0. The number of nitrogens with zero attached hydrogens (tertiary/aromatic N) is 1. The first-order valence-corrected chi connectivity index (χ1v) is 43.2. The lowest BCUT2D eigenvalue weighted by Crippen LogP contribution is -2.62. The fourth-order valence-corrected chi connectivity index (χ4v) is 13.6. The van der Waals surface area contributed by atoms with Crippen molar-refractivity contribution in [3.05, 3.63) is 29.8 Å². The zero-order valence-corrected chi connectivity index (χ0v) is 75.8. The molecule has 129 heavy (non-hydrogen) atoms. The number of amides is 17. The van der Waals surface area contributed by atoms with E-state index in [4.69, 9.17) is 28.3 Å². The molecule has 16 atom stereocenters. The molecule has 1 aliphatic rings. The van der Waals surface area contributed by atoms with E-state index in [1.54, 1.807) is 83.1 Å². The molecular formula is C83H137N21O25. The third kappa shape index (κ3) is 41.5. The number of hydrogen-bond donors (Lipinski definition) is 25. The zero-order valence-electron chi connectivity index (χ0n) is 75.8. The van der Waals surface area contributed by atoms with Crippen LogP contribution in [0.5, 0.6) is 5.75 Å². The number of phenols is 1. The number of carbonyl (C=O) groups is 20. The Hall–Kier alpha value is -12.4. The first-order chi connectivity index (χ1) is 60.2. The Morgan fingerprint density at radius 1 is 0.442 bits per heavy atom. The van der Waals surface area contributed by atoms with E-state index in [-0.39, 0.29) is 94.4 Å². The molecule has 1 aliphatic heterocycles. The average Bonchev–Trinajstić information content (AvgIpc) is 1.81. The van der Waals surface area contributed by atoms with Crippen LogP contribution in [-0.2, 0) is 102 Å². The van der Waals surface area contributed by atoms with Crippen molar-refractivity contribution in [3.63, 3.8) is 0 Å². The van der Waals surface area contributed by atoms with Crippen LogP contribution in [0, 0.1) is 46.8 Å². The van der Waals surface area contributed by atoms with E-state index >= 15 is 0 Å². The molecule has 1 aromatic carbocycles. The Morgan fingerprint density at radius 2 is 0.860 bits per heavy atom. The number of primary amides is 2. The molecule has 0 bridgehead atoms. The molecule has 1 fully saturated rings. The molecular weight excluding hydrogens is 1690 g/mol. The van der Waals surface area contributed by atoms with Gasteiger partial charge in [0.05, 0.1) is 32.0 Å². The lowest BCUT2D eigenvalue weighted by Gasteiger charge is -2.33. The Labute approximate surface area is 749 Å². The molecule has 16 unspecified atom stereocenters. The van der Waals surface area contributed by atoms with E-state index in [2.05, 4.69) is 79.8 Å². The summed E-state index contributed by atoms with van der Waals surface area (Å²) in [5.41, 5.74) is 22.8. The van der Waals surface area contributed by atoms with Crippen LogP contribution in [0.4, 0.5) is 0 Å². The summed E-state index contributed by atoms with van der Waals surface area (Å²) in [5.74, 6) is -25.5. The van der Waals surface area contributed by atoms with Crippen LogP contribution in [0.1, 0.15) is 199 Å². The van der Waals surface area contributed by atoms with Gasteiger partial charge in [0, 0.05) is 32.4 Å². The van der Waals surface area contributed by atoms with Crippen molar-refractivity contribution in [2.24, 2.45) is 64.4 Å². The number of hydrogen-bond acceptors (Lipinski definition) is 24. The van der Waals surface area contributed by atoms with Crippen LogP contribution in [-0.4, -0.2) is 272 Å². The lowest BCUT2D eigenvalue weighted by molar-refractivity contribution is -0.144. The summed E-state index contributed by atoms with van der Waals surface area (Å²) in [5, 5.41) is 94.1. The number of nitrogens with two attached hydrogens (primary N) is 4. The number of phenolic OH excluding ortho intramolecular Hbond substituents is 1. The van der Waals surface area contributed by atoms with Crippen molar-refractivity contribution < 1.29 is 121 Å². The van der Waals surface area contributed by atoms with E-state index in [0.717, 1.165) is 4.90 Å². The summed E-state index contributed by atoms with van der Waals surface area (Å²) in [6.07, 6.45) is -4.43. The number of aliphatic hydroxyl groups is 1. The number of aliphatic hydroxyl groups excluding tert-OH is 1. The SMILES string of the molecule is CCC(C)C(NC(=O)C(CC(C)C)NC(=O)C(Cc1ccc(O)cc1)NC(=O)C(CC(C)C)NC(=O)CNC(=O)C(CCC(=O)O)NC(=O)C(CO)NC(=O)C1CCCN1C(=O)C(NC(=O)C(NC(=O)C(CC(C)C)NC(=O)C(CCC(N)=O)NC(=O)C(CC(N)=O)NC(=O)C(CC(=O)O)NC(=O)C(CCCNC(=N)N)NC(=O)C(N)CC(C)C)C(C)C)C(C)C)C(=O)O. The second kappa shape index (κ2) is 56.0. The van der Waals surface area contributed by atoms with E-state index in [1.165, 1.54) is 38.1 Å². The summed E-state index contributed by atoms with van der Waals surface area (Å²) in [6, 6.07) is -17.8. The standard InChI is InChI=1S/C83H137N21O25/c1-15-45(14)67(82(128)129)103-77(123)54(33-42(8)9)96-73(119)55(34-46-20-22-47(106)23-21-46)97-72(118)52(31-40(4)5)91-62(109)37-90-69(115)50(25-27-63(110)111)93-78(124)58(38-105)100-79(125)59-19-17-29-104(59)81(127)66(44(12)13)102-80(126)65(43(10)11)101-76(122)53(32-41(6)7)95-71(117)51(24-26-60(85)107)94-74(120)56(35-61(86)108)98-75(121)57(36-64(112)113)99-70(116)49(18-16-28-89-83(87)88)92-68(114)48(84)30-39(2)3/h20-23,39-45,48-59,65-67,105-106H,15-19,24-38,84H2,1-14H3,(H2,85,107)(H2,86,108)(H,90,115)(H,91,109)(H,92,114)(H,93,124)(H,94,120)(H,95,117)(H,96,119)(H,97,118)(H,98,121)(H,99,116)(H,100,125)(H,101,122)(H,102,126)(H,103,123)(H,110,111)(H,112,113)(H,128,129)(H4,87,88,89). The van der Waals surface area contributed by atoms with Gasteiger partial charge in [-0.1, -0.05) is 115 Å². The summed E-state index contributed by atoms with van der Waals surface area (Å²) in [7, 11) is 0. The van der Waals surface area contributed by atoms with Crippen molar-refractivity contribution in [2.45, 2.75) is 290 Å². The normalized spacial score (nSPS) is 16.0. The van der Waals surface area contributed by atoms with Gasteiger partial charge < -0.3 is 133 Å². The highest BCUT2D eigenvalue weighted by Crippen LogP contribution is 2.23. The number of aromatic hydroxyl groups is 1. The van der Waals surface area contributed by atoms with Gasteiger partial charge in [0.15, 0.2) is 5.96 Å². The van der Waals surface area contributed by atoms with Crippen LogP contribution in [0.2, 0.25) is 0 Å². The van der Waals surface area contributed by atoms with Gasteiger partial charge in [-0.05, 0) is 123 Å². The fraction of sp³-hybridized carbons (Fsp3) is 0.675. The van der Waals surface area contributed by atoms with Gasteiger partial charge in [0.1, 0.15) is 90.3 Å². The highest BCUT2D eigenvalue weighted by molar-refractivity contribution is 6.02. The van der Waals surface area contributed by atoms with Crippen molar-refractivity contribution >= 4 is 124 Å². The maximum Gasteiger partial charge on any atom is 0.326 e. The summed E-state index contributed by atoms with van der Waals surface area (Å²) in [4.78, 5) is 274. The summed E-state index contributed by atoms with van der Waals surface area (Å²) >= 11 is 0. The van der Waals surface area contributed by atoms with Gasteiger partial charge in [-0.3, -0.25) is 96.5 Å². The van der Waals surface area contributed by atoms with Crippen molar-refractivity contribution in [2.75, 3.05) is 26.2 Å². The Bertz CT molecular complexity index is 4050. The fourth-order valence-electron chi connectivity index (χ4n) is 13.6. The molecule has 0 spiro atoms. The van der Waals surface area contributed by atoms with Crippen LogP contribution < -0.4 is 103 Å². The maximum atomic E-state index is 14.7. The monoisotopic (exact) mass is 1830 g/mol. The molecule has 1 aromatic rings. The minimum Gasteiger partial charge on any atom is -0.508 e. The molecule has 46 heteroatoms. The quantitative estimate of drug-likeness (QED) is 0.0165. The van der Waals surface area contributed by atoms with Gasteiger partial charge in [0.2, 0.25) is 100 Å². The van der Waals surface area contributed by atoms with Crippen molar-refractivity contribution in [3.8, 4) is 5.75 Å². The Morgan fingerprint density at radius 3 is 1.33 bits per heavy atom. The zero-order chi connectivity index (χ0) is 98.1. The number of guanidine groups is 1. The highest BCUT2D eigenvalue weighted by atomic mass is 16.4. The maximum absolute atomic E-state index is 14.7. The Balaban J connectivity index is 2.41. The second-order valence-electron chi connectivity index (χ2n) is 34.6. The number of aliphatic carboxylic acids is 3. The lowest BCUT2D eigenvalue weighted by atomic mass is 9.97. The van der Waals surface area contributed by atoms with E-state index in [9.17, 15) is 121 Å². The number of carbonyl (C=O) groups excluding carboxylic acids is 17. The van der Waals surface area contributed by atoms with Gasteiger partial charge >= 0.3 is 17.9 Å². The molecule has 0 aliphatic carbocycles. The van der Waals surface area contributed by atoms with Crippen LogP contribution in [0.25, 0.3) is 0 Å². The van der Waals surface area contributed by atoms with Crippen molar-refractivity contribution in [1.29, 1.82) is 5.41 Å². The van der Waals surface area contributed by atoms with Crippen LogP contribution >= 0.6 is 0 Å². The summed E-state index contributed by atoms with van der Waals surface area (Å²) < 4.78 is 0. The minimum atomic E-state index is -2.04. The third-order valence-electron chi connectivity index (χ3n) is 20.7. The van der Waals surface area contributed by atoms with E-state index in [1.807, 2.05) is 0 Å². The number of rotatable bonds is 59. The molecule has 29 N–H and O–H groups in total. The number of nitrogens with one attached hydrogen (secondary N) is 16. The third-order valence-corrected chi connectivity index (χ3v) is 20.7. The second-order valence-corrected chi connectivity index (χ2v) is 34.6. The number of carboxylic acids is 3. The smallest absolute Gasteiger partial charge is 0.326 e. The summed E-state index contributed by atoms with van der Waals surface area (Å²) in [6.45, 7) is 21.3. The number of carboxylic acid groups (broad SMARTS) is 3. The molecule has 17 amide bonds. The first kappa shape index (κ1) is 113. The first-order valence-electron chi connectivity index (χ1n) is 43.2. The molecule has 46 nitrogen and oxygen atoms in total. The molecule has 0 saturated carbocycles. The van der Waals surface area contributed by atoms with E-state index in [0.29, 0.717) is 12.0 Å².